The van der Waals surface area contributed by atoms with Crippen LogP contribution >= 0.6 is 31.9 Å². The highest BCUT2D eigenvalue weighted by molar-refractivity contribution is 9.10. The monoisotopic (exact) mass is 368 g/mol. The first kappa shape index (κ1) is 13.2. The predicted octanol–water partition coefficient (Wildman–Crippen LogP) is 4.17. The third kappa shape index (κ3) is 2.97. The quantitative estimate of drug-likeness (QED) is 0.807. The molecule has 0 saturated heterocycles. The number of carbonyl (C=O) groups is 1. The van der Waals surface area contributed by atoms with E-state index in [1.54, 1.807) is 18.3 Å². The highest BCUT2D eigenvalue weighted by atomic mass is 79.9. The Bertz CT molecular complexity index is 599. The van der Waals surface area contributed by atoms with Crippen LogP contribution in [0.3, 0.4) is 0 Å². The van der Waals surface area contributed by atoms with Crippen molar-refractivity contribution in [3.63, 3.8) is 0 Å². The molecule has 0 spiro atoms. The fraction of sp³-hybridized carbons (Fsp3) is 0.0769. The zero-order valence-corrected chi connectivity index (χ0v) is 12.7. The lowest BCUT2D eigenvalue weighted by Crippen LogP contribution is -2.13. The number of aryl methyl sites for hydroxylation is 1. The van der Waals surface area contributed by atoms with Crippen molar-refractivity contribution in [3.05, 3.63) is 56.7 Å². The molecule has 0 aliphatic rings. The molecular formula is C13H10Br2N2O. The largest absolute Gasteiger partial charge is 0.322 e. The standard InChI is InChI=1S/C13H10Br2N2O/c1-8-7-9(14)4-5-11(8)17-13(18)10-3-2-6-16-12(10)15/h2-7H,1H3,(H,17,18). The maximum absolute atomic E-state index is 12.1. The van der Waals surface area contributed by atoms with Gasteiger partial charge in [-0.25, -0.2) is 4.98 Å². The Kier molecular flexibility index (Phi) is 4.14. The summed E-state index contributed by atoms with van der Waals surface area (Å²) in [4.78, 5) is 16.1. The number of rotatable bonds is 2. The zero-order chi connectivity index (χ0) is 13.1. The van der Waals surface area contributed by atoms with Crippen LogP contribution in [-0.2, 0) is 0 Å². The fourth-order valence-electron chi connectivity index (χ4n) is 1.51. The van der Waals surface area contributed by atoms with Crippen LogP contribution in [0.1, 0.15) is 15.9 Å². The molecule has 1 aromatic heterocycles. The molecule has 0 atom stereocenters. The van der Waals surface area contributed by atoms with Gasteiger partial charge in [0.25, 0.3) is 5.91 Å². The van der Waals surface area contributed by atoms with E-state index in [2.05, 4.69) is 42.2 Å². The minimum absolute atomic E-state index is 0.180. The summed E-state index contributed by atoms with van der Waals surface area (Å²) < 4.78 is 1.53. The first-order valence-corrected chi connectivity index (χ1v) is 6.84. The normalized spacial score (nSPS) is 10.2. The molecule has 0 radical (unpaired) electrons. The van der Waals surface area contributed by atoms with Crippen LogP contribution in [0.5, 0.6) is 0 Å². The summed E-state index contributed by atoms with van der Waals surface area (Å²) in [6.07, 6.45) is 1.63. The van der Waals surface area contributed by atoms with Gasteiger partial charge in [-0.05, 0) is 58.7 Å². The minimum Gasteiger partial charge on any atom is -0.322 e. The summed E-state index contributed by atoms with van der Waals surface area (Å²) in [5, 5.41) is 2.86. The zero-order valence-electron chi connectivity index (χ0n) is 9.58. The molecule has 0 saturated carbocycles. The Hall–Kier alpha value is -1.20. The molecule has 1 N–H and O–H groups in total. The van der Waals surface area contributed by atoms with Gasteiger partial charge in [0.05, 0.1) is 5.56 Å². The van der Waals surface area contributed by atoms with E-state index in [1.807, 2.05) is 25.1 Å². The van der Waals surface area contributed by atoms with Crippen molar-refractivity contribution in [2.45, 2.75) is 6.92 Å². The van der Waals surface area contributed by atoms with Gasteiger partial charge in [-0.15, -0.1) is 0 Å². The smallest absolute Gasteiger partial charge is 0.258 e. The topological polar surface area (TPSA) is 42.0 Å². The Balaban J connectivity index is 2.24. The first-order valence-electron chi connectivity index (χ1n) is 5.26. The second-order valence-corrected chi connectivity index (χ2v) is 5.42. The number of hydrogen-bond acceptors (Lipinski definition) is 2. The van der Waals surface area contributed by atoms with E-state index < -0.39 is 0 Å². The minimum atomic E-state index is -0.180. The molecule has 1 heterocycles. The van der Waals surface area contributed by atoms with Gasteiger partial charge in [-0.2, -0.15) is 0 Å². The molecule has 1 aromatic carbocycles. The molecule has 1 amide bonds. The van der Waals surface area contributed by atoms with Crippen LogP contribution in [0.2, 0.25) is 0 Å². The summed E-state index contributed by atoms with van der Waals surface area (Å²) in [6, 6.07) is 9.16. The lowest BCUT2D eigenvalue weighted by atomic mass is 10.2. The molecule has 0 aliphatic heterocycles. The number of hydrogen-bond donors (Lipinski definition) is 1. The molecule has 0 aliphatic carbocycles. The second kappa shape index (κ2) is 5.63. The number of pyridine rings is 1. The number of nitrogens with one attached hydrogen (secondary N) is 1. The average molecular weight is 370 g/mol. The number of anilines is 1. The maximum atomic E-state index is 12.1. The van der Waals surface area contributed by atoms with Crippen LogP contribution in [0.15, 0.2) is 45.6 Å². The molecule has 92 valence electrons. The lowest BCUT2D eigenvalue weighted by Gasteiger charge is -2.09. The number of aromatic nitrogens is 1. The first-order chi connectivity index (χ1) is 8.58. The van der Waals surface area contributed by atoms with Crippen LogP contribution < -0.4 is 5.32 Å². The van der Waals surface area contributed by atoms with E-state index in [0.29, 0.717) is 10.2 Å². The Morgan fingerprint density at radius 3 is 2.72 bits per heavy atom. The Morgan fingerprint density at radius 1 is 1.28 bits per heavy atom. The van der Waals surface area contributed by atoms with Gasteiger partial charge in [-0.3, -0.25) is 4.79 Å². The van der Waals surface area contributed by atoms with E-state index in [9.17, 15) is 4.79 Å². The highest BCUT2D eigenvalue weighted by Gasteiger charge is 2.11. The number of amides is 1. The van der Waals surface area contributed by atoms with Gasteiger partial charge in [0, 0.05) is 16.4 Å². The fourth-order valence-corrected chi connectivity index (χ4v) is 2.42. The van der Waals surface area contributed by atoms with Gasteiger partial charge < -0.3 is 5.32 Å². The van der Waals surface area contributed by atoms with Crippen molar-refractivity contribution in [1.82, 2.24) is 4.98 Å². The van der Waals surface area contributed by atoms with E-state index >= 15 is 0 Å². The van der Waals surface area contributed by atoms with Crippen molar-refractivity contribution in [2.24, 2.45) is 0 Å². The third-order valence-corrected chi connectivity index (χ3v) is 3.57. The van der Waals surface area contributed by atoms with Gasteiger partial charge in [0.2, 0.25) is 0 Å². The molecule has 18 heavy (non-hydrogen) atoms. The lowest BCUT2D eigenvalue weighted by molar-refractivity contribution is 0.102. The number of benzene rings is 1. The molecule has 0 fully saturated rings. The molecule has 0 bridgehead atoms. The number of halogens is 2. The maximum Gasteiger partial charge on any atom is 0.258 e. The van der Waals surface area contributed by atoms with Crippen LogP contribution in [0, 0.1) is 6.92 Å². The third-order valence-electron chi connectivity index (χ3n) is 2.44. The predicted molar refractivity (Wildman–Crippen MR) is 78.8 cm³/mol. The molecule has 2 aromatic rings. The summed E-state index contributed by atoms with van der Waals surface area (Å²) in [7, 11) is 0. The molecule has 3 nitrogen and oxygen atoms in total. The molecule has 5 heteroatoms. The van der Waals surface area contributed by atoms with Crippen molar-refractivity contribution in [2.75, 3.05) is 5.32 Å². The molecular weight excluding hydrogens is 360 g/mol. The number of nitrogens with zero attached hydrogens (tertiary/aromatic N) is 1. The van der Waals surface area contributed by atoms with E-state index in [-0.39, 0.29) is 5.91 Å². The number of carbonyl (C=O) groups excluding carboxylic acids is 1. The summed E-state index contributed by atoms with van der Waals surface area (Å²) >= 11 is 6.65. The van der Waals surface area contributed by atoms with Crippen LogP contribution in [-0.4, -0.2) is 10.9 Å². The van der Waals surface area contributed by atoms with E-state index in [1.165, 1.54) is 0 Å². The second-order valence-electron chi connectivity index (χ2n) is 3.76. The molecule has 2 rings (SSSR count). The highest BCUT2D eigenvalue weighted by Crippen LogP contribution is 2.21. The van der Waals surface area contributed by atoms with E-state index in [4.69, 9.17) is 0 Å². The van der Waals surface area contributed by atoms with Gasteiger partial charge in [0.1, 0.15) is 4.60 Å². The SMILES string of the molecule is Cc1cc(Br)ccc1NC(=O)c1cccnc1Br. The Morgan fingerprint density at radius 2 is 2.06 bits per heavy atom. The summed E-state index contributed by atoms with van der Waals surface area (Å²) in [5.41, 5.74) is 2.30. The van der Waals surface area contributed by atoms with E-state index in [0.717, 1.165) is 15.7 Å². The van der Waals surface area contributed by atoms with Gasteiger partial charge >= 0.3 is 0 Å². The van der Waals surface area contributed by atoms with Crippen molar-refractivity contribution < 1.29 is 4.79 Å². The Labute approximate surface area is 122 Å². The van der Waals surface area contributed by atoms with Gasteiger partial charge in [0.15, 0.2) is 0 Å². The summed E-state index contributed by atoms with van der Waals surface area (Å²) in [5.74, 6) is -0.180. The average Bonchev–Trinajstić information content (AvgIpc) is 2.33. The molecule has 0 unspecified atom stereocenters. The summed E-state index contributed by atoms with van der Waals surface area (Å²) in [6.45, 7) is 1.94. The van der Waals surface area contributed by atoms with Crippen LogP contribution in [0.4, 0.5) is 5.69 Å². The van der Waals surface area contributed by atoms with Crippen LogP contribution in [0.25, 0.3) is 0 Å². The van der Waals surface area contributed by atoms with Crippen molar-refractivity contribution in [1.29, 1.82) is 0 Å². The van der Waals surface area contributed by atoms with Crippen molar-refractivity contribution >= 4 is 43.5 Å². The van der Waals surface area contributed by atoms with Crippen molar-refractivity contribution in [3.8, 4) is 0 Å². The van der Waals surface area contributed by atoms with Gasteiger partial charge in [-0.1, -0.05) is 15.9 Å².